The molecule has 0 aliphatic heterocycles. The summed E-state index contributed by atoms with van der Waals surface area (Å²) in [6.45, 7) is 14.6. The minimum atomic E-state index is -0.0783. The minimum absolute atomic E-state index is 0.0783. The van der Waals surface area contributed by atoms with E-state index in [0.29, 0.717) is 18.8 Å². The molecule has 140 valence electrons. The number of aryl methyl sites for hydroxylation is 2. The predicted octanol–water partition coefficient (Wildman–Crippen LogP) is 4.72. The van der Waals surface area contributed by atoms with Gasteiger partial charge < -0.3 is 4.74 Å². The average Bonchev–Trinajstić information content (AvgIpc) is 2.88. The Balaban J connectivity index is 1.93. The normalized spacial score (nSPS) is 10.9. The van der Waals surface area contributed by atoms with Crippen molar-refractivity contribution in [2.45, 2.75) is 33.7 Å². The summed E-state index contributed by atoms with van der Waals surface area (Å²) < 4.78 is 9.43. The van der Waals surface area contributed by atoms with E-state index in [1.165, 1.54) is 0 Å². The molecule has 0 atom stereocenters. The van der Waals surface area contributed by atoms with Gasteiger partial charge in [0.2, 0.25) is 0 Å². The van der Waals surface area contributed by atoms with Gasteiger partial charge in [0, 0.05) is 5.70 Å². The molecule has 0 spiro atoms. The third kappa shape index (κ3) is 3.61. The van der Waals surface area contributed by atoms with Crippen molar-refractivity contribution in [3.8, 4) is 5.75 Å². The van der Waals surface area contributed by atoms with E-state index in [0.717, 1.165) is 39.9 Å². The minimum Gasteiger partial charge on any atom is -0.491 e. The van der Waals surface area contributed by atoms with Crippen molar-refractivity contribution in [3.05, 3.63) is 82.8 Å². The van der Waals surface area contributed by atoms with E-state index in [4.69, 9.17) is 4.74 Å². The lowest BCUT2D eigenvalue weighted by Gasteiger charge is -2.11. The van der Waals surface area contributed by atoms with Gasteiger partial charge in [-0.2, -0.15) is 0 Å². The van der Waals surface area contributed by atoms with Crippen LogP contribution in [0, 0.1) is 13.8 Å². The average molecular weight is 362 g/mol. The summed E-state index contributed by atoms with van der Waals surface area (Å²) in [5.74, 6) is 0.834. The van der Waals surface area contributed by atoms with Crippen LogP contribution in [0.2, 0.25) is 0 Å². The quantitative estimate of drug-likeness (QED) is 0.570. The summed E-state index contributed by atoms with van der Waals surface area (Å²) in [6, 6.07) is 12.0. The van der Waals surface area contributed by atoms with E-state index in [1.807, 2.05) is 37.3 Å². The highest BCUT2D eigenvalue weighted by Crippen LogP contribution is 2.22. The van der Waals surface area contributed by atoms with Gasteiger partial charge in [-0.05, 0) is 62.1 Å². The van der Waals surface area contributed by atoms with Crippen LogP contribution >= 0.6 is 0 Å². The van der Waals surface area contributed by atoms with Crippen LogP contribution < -0.4 is 10.4 Å². The van der Waals surface area contributed by atoms with Crippen molar-refractivity contribution in [2.75, 3.05) is 6.61 Å². The van der Waals surface area contributed by atoms with Crippen molar-refractivity contribution in [3.63, 3.8) is 0 Å². The molecule has 0 bridgehead atoms. The van der Waals surface area contributed by atoms with Crippen LogP contribution in [0.5, 0.6) is 5.75 Å². The first-order valence-corrected chi connectivity index (χ1v) is 9.14. The van der Waals surface area contributed by atoms with Crippen LogP contribution in [-0.4, -0.2) is 15.7 Å². The number of aromatic nitrogens is 2. The van der Waals surface area contributed by atoms with E-state index < -0.39 is 0 Å². The number of imidazole rings is 1. The molecular weight excluding hydrogens is 336 g/mol. The zero-order valence-corrected chi connectivity index (χ0v) is 16.3. The molecule has 27 heavy (non-hydrogen) atoms. The van der Waals surface area contributed by atoms with Crippen LogP contribution in [0.25, 0.3) is 16.7 Å². The first-order valence-electron chi connectivity index (χ1n) is 9.14. The SMILES string of the molecule is C=CCc1ccccc1OCCn1c(=O)n(C(=C)C)c2cc(C)c(C)cc21. The number of allylic oxidation sites excluding steroid dienone is 2. The second kappa shape index (κ2) is 7.70. The molecule has 0 saturated heterocycles. The van der Waals surface area contributed by atoms with Gasteiger partial charge in [-0.3, -0.25) is 9.13 Å². The number of hydrogen-bond acceptors (Lipinski definition) is 2. The van der Waals surface area contributed by atoms with Crippen LogP contribution in [0.4, 0.5) is 0 Å². The summed E-state index contributed by atoms with van der Waals surface area (Å²) in [4.78, 5) is 13.0. The second-order valence-electron chi connectivity index (χ2n) is 6.88. The molecule has 0 saturated carbocycles. The van der Waals surface area contributed by atoms with Crippen molar-refractivity contribution in [2.24, 2.45) is 0 Å². The molecule has 4 heteroatoms. The largest absolute Gasteiger partial charge is 0.491 e. The molecule has 3 rings (SSSR count). The summed E-state index contributed by atoms with van der Waals surface area (Å²) >= 11 is 0. The molecule has 1 heterocycles. The molecule has 0 unspecified atom stereocenters. The van der Waals surface area contributed by atoms with Gasteiger partial charge in [-0.25, -0.2) is 4.79 Å². The van der Waals surface area contributed by atoms with Crippen molar-refractivity contribution in [1.29, 1.82) is 0 Å². The highest BCUT2D eigenvalue weighted by molar-refractivity contribution is 5.81. The summed E-state index contributed by atoms with van der Waals surface area (Å²) in [7, 11) is 0. The zero-order chi connectivity index (χ0) is 19.6. The fraction of sp³-hybridized carbons (Fsp3) is 0.261. The number of nitrogens with zero attached hydrogens (tertiary/aromatic N) is 2. The standard InChI is InChI=1S/C23H26N2O2/c1-6-9-19-10-7-8-11-22(19)27-13-12-24-20-14-17(4)18(5)15-21(20)25(16(2)3)23(24)26/h6-8,10-11,14-15H,1-2,9,12-13H2,3-5H3. The van der Waals surface area contributed by atoms with Gasteiger partial charge in [-0.1, -0.05) is 30.9 Å². The topological polar surface area (TPSA) is 36.2 Å². The lowest BCUT2D eigenvalue weighted by atomic mass is 10.1. The van der Waals surface area contributed by atoms with E-state index in [9.17, 15) is 4.79 Å². The van der Waals surface area contributed by atoms with Crippen LogP contribution in [0.3, 0.4) is 0 Å². The maximum absolute atomic E-state index is 13.0. The first kappa shape index (κ1) is 18.8. The Morgan fingerprint density at radius 1 is 1.15 bits per heavy atom. The summed E-state index contributed by atoms with van der Waals surface area (Å²) in [6.07, 6.45) is 2.61. The van der Waals surface area contributed by atoms with Gasteiger partial charge >= 0.3 is 5.69 Å². The third-order valence-electron chi connectivity index (χ3n) is 4.84. The summed E-state index contributed by atoms with van der Waals surface area (Å²) in [5, 5.41) is 0. The number of rotatable bonds is 7. The Labute approximate surface area is 160 Å². The Bertz CT molecular complexity index is 1070. The monoisotopic (exact) mass is 362 g/mol. The third-order valence-corrected chi connectivity index (χ3v) is 4.84. The molecule has 4 nitrogen and oxygen atoms in total. The van der Waals surface area contributed by atoms with Gasteiger partial charge in [-0.15, -0.1) is 6.58 Å². The van der Waals surface area contributed by atoms with E-state index >= 15 is 0 Å². The van der Waals surface area contributed by atoms with Gasteiger partial charge in [0.25, 0.3) is 0 Å². The maximum Gasteiger partial charge on any atom is 0.333 e. The molecule has 0 aliphatic carbocycles. The Kier molecular flexibility index (Phi) is 5.36. The zero-order valence-electron chi connectivity index (χ0n) is 16.3. The number of benzene rings is 2. The van der Waals surface area contributed by atoms with Gasteiger partial charge in [0.15, 0.2) is 0 Å². The Morgan fingerprint density at radius 3 is 2.48 bits per heavy atom. The number of hydrogen-bond donors (Lipinski definition) is 0. The number of fused-ring (bicyclic) bond motifs is 1. The molecule has 3 aromatic rings. The number of para-hydroxylation sites is 1. The molecule has 0 radical (unpaired) electrons. The molecular formula is C23H26N2O2. The fourth-order valence-corrected chi connectivity index (χ4v) is 3.31. The highest BCUT2D eigenvalue weighted by atomic mass is 16.5. The molecule has 0 N–H and O–H groups in total. The first-order chi connectivity index (χ1) is 12.9. The van der Waals surface area contributed by atoms with Crippen molar-refractivity contribution >= 4 is 16.7 Å². The van der Waals surface area contributed by atoms with Crippen LogP contribution in [0.1, 0.15) is 23.6 Å². The Hall–Kier alpha value is -3.01. The fourth-order valence-electron chi connectivity index (χ4n) is 3.31. The summed E-state index contributed by atoms with van der Waals surface area (Å²) in [5.41, 5.74) is 5.85. The molecule has 2 aromatic carbocycles. The Morgan fingerprint density at radius 2 is 1.81 bits per heavy atom. The smallest absolute Gasteiger partial charge is 0.333 e. The van der Waals surface area contributed by atoms with Gasteiger partial charge in [0.05, 0.1) is 17.6 Å². The van der Waals surface area contributed by atoms with E-state index in [1.54, 1.807) is 9.13 Å². The van der Waals surface area contributed by atoms with Crippen LogP contribution in [-0.2, 0) is 13.0 Å². The van der Waals surface area contributed by atoms with Crippen molar-refractivity contribution < 1.29 is 4.74 Å². The van der Waals surface area contributed by atoms with Crippen molar-refractivity contribution in [1.82, 2.24) is 9.13 Å². The highest BCUT2D eigenvalue weighted by Gasteiger charge is 2.15. The van der Waals surface area contributed by atoms with Gasteiger partial charge in [0.1, 0.15) is 12.4 Å². The maximum atomic E-state index is 13.0. The molecule has 0 amide bonds. The van der Waals surface area contributed by atoms with E-state index in [2.05, 4.69) is 39.1 Å². The predicted molar refractivity (Wildman–Crippen MR) is 113 cm³/mol. The lowest BCUT2D eigenvalue weighted by Crippen LogP contribution is -2.25. The molecule has 0 aliphatic rings. The number of ether oxygens (including phenoxy) is 1. The van der Waals surface area contributed by atoms with Crippen LogP contribution in [0.15, 0.2) is 60.4 Å². The molecule has 0 fully saturated rings. The lowest BCUT2D eigenvalue weighted by molar-refractivity contribution is 0.296. The second-order valence-corrected chi connectivity index (χ2v) is 6.88. The van der Waals surface area contributed by atoms with E-state index in [-0.39, 0.29) is 5.69 Å². The molecule has 1 aromatic heterocycles.